The molecule has 0 atom stereocenters. The van der Waals surface area contributed by atoms with Crippen LogP contribution in [0.1, 0.15) is 0 Å². The molecule has 3 aromatic carbocycles. The van der Waals surface area contributed by atoms with Crippen molar-refractivity contribution in [1.82, 2.24) is 0 Å². The maximum Gasteiger partial charge on any atom is 0.409 e. The molecule has 0 aliphatic carbocycles. The maximum absolute atomic E-state index is 10.6. The summed E-state index contributed by atoms with van der Waals surface area (Å²) in [5.74, 6) is 0. The van der Waals surface area contributed by atoms with Crippen LogP contribution in [-0.2, 0) is 0 Å². The molecule has 0 fully saturated rings. The van der Waals surface area contributed by atoms with Crippen molar-refractivity contribution < 1.29 is 9.90 Å². The van der Waals surface area contributed by atoms with Gasteiger partial charge in [0.25, 0.3) is 0 Å². The van der Waals surface area contributed by atoms with Crippen LogP contribution in [-0.4, -0.2) is 11.2 Å². The summed E-state index contributed by atoms with van der Waals surface area (Å²) in [6.45, 7) is 0. The number of hydrogen-bond acceptors (Lipinski definition) is 1. The third-order valence-electron chi connectivity index (χ3n) is 2.96. The molecule has 3 rings (SSSR count). The fourth-order valence-electron chi connectivity index (χ4n) is 2.14. The van der Waals surface area contributed by atoms with E-state index in [-0.39, 0.29) is 0 Å². The highest BCUT2D eigenvalue weighted by Gasteiger charge is 2.01. The first-order valence-electron chi connectivity index (χ1n) is 5.65. The minimum Gasteiger partial charge on any atom is -0.465 e. The molecule has 3 aromatic rings. The molecule has 0 saturated heterocycles. The Morgan fingerprint density at radius 1 is 0.833 bits per heavy atom. The number of fused-ring (bicyclic) bond motifs is 2. The topological polar surface area (TPSA) is 49.3 Å². The summed E-state index contributed by atoms with van der Waals surface area (Å²) in [5, 5.41) is 15.5. The van der Waals surface area contributed by atoms with Crippen molar-refractivity contribution in [2.24, 2.45) is 0 Å². The molecule has 88 valence electrons. The molecule has 0 aliphatic heterocycles. The predicted molar refractivity (Wildman–Crippen MR) is 73.1 cm³/mol. The number of amides is 1. The number of anilines is 1. The van der Waals surface area contributed by atoms with Crippen LogP contribution in [0.2, 0.25) is 0 Å². The number of hydrogen-bond donors (Lipinski definition) is 2. The Morgan fingerprint density at radius 3 is 2.11 bits per heavy atom. The predicted octanol–water partition coefficient (Wildman–Crippen LogP) is 4.08. The van der Waals surface area contributed by atoms with Crippen molar-refractivity contribution in [3.63, 3.8) is 0 Å². The number of rotatable bonds is 1. The molecule has 0 heterocycles. The van der Waals surface area contributed by atoms with E-state index < -0.39 is 6.09 Å². The summed E-state index contributed by atoms with van der Waals surface area (Å²) in [6.07, 6.45) is -1.05. The van der Waals surface area contributed by atoms with Gasteiger partial charge in [-0.25, -0.2) is 4.79 Å². The molecule has 0 bridgehead atoms. The molecule has 1 amide bonds. The van der Waals surface area contributed by atoms with Crippen molar-refractivity contribution in [3.05, 3.63) is 54.6 Å². The number of nitrogens with one attached hydrogen (secondary N) is 1. The van der Waals surface area contributed by atoms with Crippen molar-refractivity contribution >= 4 is 33.3 Å². The zero-order valence-corrected chi connectivity index (χ0v) is 9.55. The van der Waals surface area contributed by atoms with Gasteiger partial charge in [0.1, 0.15) is 0 Å². The molecular formula is C15H11NO2. The Kier molecular flexibility index (Phi) is 2.38. The van der Waals surface area contributed by atoms with Gasteiger partial charge in [0.05, 0.1) is 0 Å². The molecule has 0 radical (unpaired) electrons. The van der Waals surface area contributed by atoms with Crippen molar-refractivity contribution in [1.29, 1.82) is 0 Å². The SMILES string of the molecule is O=C(O)Nc1ccc2cc3ccccc3cc2c1. The fraction of sp³-hybridized carbons (Fsp3) is 0. The highest BCUT2D eigenvalue weighted by Crippen LogP contribution is 2.25. The van der Waals surface area contributed by atoms with Gasteiger partial charge in [-0.1, -0.05) is 30.3 Å². The lowest BCUT2D eigenvalue weighted by molar-refractivity contribution is 0.210. The van der Waals surface area contributed by atoms with Gasteiger partial charge in [0, 0.05) is 5.69 Å². The van der Waals surface area contributed by atoms with E-state index in [1.54, 1.807) is 6.07 Å². The van der Waals surface area contributed by atoms with E-state index in [1.807, 2.05) is 30.3 Å². The summed E-state index contributed by atoms with van der Waals surface area (Å²) >= 11 is 0. The average molecular weight is 237 g/mol. The van der Waals surface area contributed by atoms with Crippen LogP contribution in [0.5, 0.6) is 0 Å². The third kappa shape index (κ3) is 1.86. The zero-order valence-electron chi connectivity index (χ0n) is 9.55. The summed E-state index contributed by atoms with van der Waals surface area (Å²) in [7, 11) is 0. The first kappa shape index (κ1) is 10.6. The highest BCUT2D eigenvalue weighted by atomic mass is 16.4. The van der Waals surface area contributed by atoms with E-state index in [1.165, 1.54) is 5.39 Å². The van der Waals surface area contributed by atoms with Gasteiger partial charge in [-0.05, 0) is 45.8 Å². The minimum absolute atomic E-state index is 0.588. The van der Waals surface area contributed by atoms with Crippen molar-refractivity contribution in [2.45, 2.75) is 0 Å². The molecule has 18 heavy (non-hydrogen) atoms. The fourth-order valence-corrected chi connectivity index (χ4v) is 2.14. The second-order valence-corrected chi connectivity index (χ2v) is 4.19. The zero-order chi connectivity index (χ0) is 12.5. The lowest BCUT2D eigenvalue weighted by atomic mass is 10.0. The van der Waals surface area contributed by atoms with E-state index >= 15 is 0 Å². The van der Waals surface area contributed by atoms with E-state index in [4.69, 9.17) is 5.11 Å². The quantitative estimate of drug-likeness (QED) is 0.626. The monoisotopic (exact) mass is 237 g/mol. The second-order valence-electron chi connectivity index (χ2n) is 4.19. The standard InChI is InChI=1S/C15H11NO2/c17-15(18)16-14-6-5-12-7-10-3-1-2-4-11(10)8-13(12)9-14/h1-9,16H,(H,17,18). The Bertz CT molecular complexity index is 750. The molecule has 3 nitrogen and oxygen atoms in total. The molecule has 0 saturated carbocycles. The van der Waals surface area contributed by atoms with Gasteiger partial charge >= 0.3 is 6.09 Å². The second kappa shape index (κ2) is 4.04. The third-order valence-corrected chi connectivity index (χ3v) is 2.96. The highest BCUT2D eigenvalue weighted by molar-refractivity contribution is 6.00. The van der Waals surface area contributed by atoms with E-state index in [9.17, 15) is 4.79 Å². The first-order chi connectivity index (χ1) is 8.72. The van der Waals surface area contributed by atoms with Gasteiger partial charge in [-0.15, -0.1) is 0 Å². The van der Waals surface area contributed by atoms with Gasteiger partial charge in [0.2, 0.25) is 0 Å². The van der Waals surface area contributed by atoms with Crippen molar-refractivity contribution in [3.8, 4) is 0 Å². The Morgan fingerprint density at radius 2 is 1.44 bits per heavy atom. The molecule has 0 aromatic heterocycles. The summed E-state index contributed by atoms with van der Waals surface area (Å²) in [5.41, 5.74) is 0.588. The van der Waals surface area contributed by atoms with Gasteiger partial charge in [0.15, 0.2) is 0 Å². The van der Waals surface area contributed by atoms with Crippen LogP contribution in [0.4, 0.5) is 10.5 Å². The Labute approximate surface area is 104 Å². The van der Waals surface area contributed by atoms with Crippen molar-refractivity contribution in [2.75, 3.05) is 5.32 Å². The average Bonchev–Trinajstić information content (AvgIpc) is 2.35. The van der Waals surface area contributed by atoms with Crippen LogP contribution >= 0.6 is 0 Å². The van der Waals surface area contributed by atoms with Gasteiger partial charge < -0.3 is 5.11 Å². The van der Waals surface area contributed by atoms with Gasteiger partial charge in [-0.2, -0.15) is 0 Å². The van der Waals surface area contributed by atoms with Crippen LogP contribution < -0.4 is 5.32 Å². The smallest absolute Gasteiger partial charge is 0.409 e. The first-order valence-corrected chi connectivity index (χ1v) is 5.65. The molecule has 2 N–H and O–H groups in total. The molecule has 0 unspecified atom stereocenters. The summed E-state index contributed by atoms with van der Waals surface area (Å²) in [4.78, 5) is 10.6. The van der Waals surface area contributed by atoms with E-state index in [2.05, 4.69) is 23.5 Å². The number of benzene rings is 3. The molecule has 0 aliphatic rings. The summed E-state index contributed by atoms with van der Waals surface area (Å²) < 4.78 is 0. The molecular weight excluding hydrogens is 226 g/mol. The Balaban J connectivity index is 2.20. The van der Waals surface area contributed by atoms with Crippen LogP contribution in [0.25, 0.3) is 21.5 Å². The largest absolute Gasteiger partial charge is 0.465 e. The lowest BCUT2D eigenvalue weighted by Gasteiger charge is -2.05. The maximum atomic E-state index is 10.6. The van der Waals surface area contributed by atoms with Crippen LogP contribution in [0.15, 0.2) is 54.6 Å². The van der Waals surface area contributed by atoms with E-state index in [0.717, 1.165) is 16.2 Å². The Hall–Kier alpha value is -2.55. The number of carbonyl (C=O) groups is 1. The minimum atomic E-state index is -1.05. The number of carboxylic acid groups (broad SMARTS) is 1. The molecule has 3 heteroatoms. The van der Waals surface area contributed by atoms with Crippen LogP contribution in [0, 0.1) is 0 Å². The summed E-state index contributed by atoms with van der Waals surface area (Å²) in [6, 6.07) is 17.8. The molecule has 0 spiro atoms. The lowest BCUT2D eigenvalue weighted by Crippen LogP contribution is -2.06. The van der Waals surface area contributed by atoms with E-state index in [0.29, 0.717) is 5.69 Å². The van der Waals surface area contributed by atoms with Crippen LogP contribution in [0.3, 0.4) is 0 Å². The van der Waals surface area contributed by atoms with Gasteiger partial charge in [-0.3, -0.25) is 5.32 Å². The normalized spacial score (nSPS) is 10.7.